The molecule has 0 spiro atoms. The van der Waals surface area contributed by atoms with Crippen molar-refractivity contribution in [1.29, 1.82) is 0 Å². The van der Waals surface area contributed by atoms with E-state index in [0.717, 1.165) is 25.3 Å². The minimum Gasteiger partial charge on any atom is -0.495 e. The van der Waals surface area contributed by atoms with Gasteiger partial charge in [-0.2, -0.15) is 13.2 Å². The van der Waals surface area contributed by atoms with Gasteiger partial charge in [-0.3, -0.25) is 0 Å². The molecule has 0 bridgehead atoms. The van der Waals surface area contributed by atoms with E-state index in [0.29, 0.717) is 5.69 Å². The van der Waals surface area contributed by atoms with Crippen LogP contribution in [0.25, 0.3) is 0 Å². The minimum atomic E-state index is -5.34. The molecule has 7 nitrogen and oxygen atoms in total. The van der Waals surface area contributed by atoms with E-state index in [9.17, 15) is 27.9 Å². The first-order valence-corrected chi connectivity index (χ1v) is 8.41. The van der Waals surface area contributed by atoms with E-state index in [-0.39, 0.29) is 18.0 Å². The number of anilines is 2. The fourth-order valence-corrected chi connectivity index (χ4v) is 2.46. The number of carbonyl (C=O) groups is 2. The second kappa shape index (κ2) is 8.82. The van der Waals surface area contributed by atoms with Gasteiger partial charge in [0, 0.05) is 11.3 Å². The molecule has 0 aromatic heterocycles. The van der Waals surface area contributed by atoms with Gasteiger partial charge in [-0.15, -0.1) is 0 Å². The van der Waals surface area contributed by atoms with Crippen LogP contribution in [0.2, 0.25) is 0 Å². The Morgan fingerprint density at radius 3 is 2.28 bits per heavy atom. The number of amides is 2. The fraction of sp³-hybridized carbons (Fsp3) is 0.263. The number of aliphatic hydroxyl groups is 1. The Morgan fingerprint density at radius 1 is 1.07 bits per heavy atom. The number of hydrogen-bond donors (Lipinski definition) is 3. The lowest BCUT2D eigenvalue weighted by atomic mass is 9.92. The molecule has 0 saturated carbocycles. The molecule has 0 unspecified atom stereocenters. The van der Waals surface area contributed by atoms with Crippen molar-refractivity contribution < 1.29 is 37.3 Å². The van der Waals surface area contributed by atoms with Crippen LogP contribution in [0.1, 0.15) is 12.5 Å². The Balaban J connectivity index is 2.33. The van der Waals surface area contributed by atoms with E-state index < -0.39 is 29.3 Å². The van der Waals surface area contributed by atoms with E-state index >= 15 is 0 Å². The smallest absolute Gasteiger partial charge is 0.432 e. The number of methoxy groups -OCH3 is 1. The maximum Gasteiger partial charge on any atom is 0.432 e. The fourth-order valence-electron chi connectivity index (χ4n) is 2.46. The van der Waals surface area contributed by atoms with Gasteiger partial charge < -0.3 is 25.2 Å². The molecule has 3 N–H and O–H groups in total. The number of halogens is 3. The van der Waals surface area contributed by atoms with E-state index in [1.54, 1.807) is 30.3 Å². The number of alkyl halides is 3. The number of para-hydroxylation sites is 1. The summed E-state index contributed by atoms with van der Waals surface area (Å²) in [6.45, 7) is 0.960. The predicted molar refractivity (Wildman–Crippen MR) is 98.7 cm³/mol. The minimum absolute atomic E-state index is 0.0260. The average Bonchev–Trinajstić information content (AvgIpc) is 2.67. The highest BCUT2D eigenvalue weighted by molar-refractivity contribution is 6.00. The summed E-state index contributed by atoms with van der Waals surface area (Å²) in [6, 6.07) is 10.5. The average molecular weight is 412 g/mol. The van der Waals surface area contributed by atoms with Gasteiger partial charge in [0.1, 0.15) is 5.75 Å². The van der Waals surface area contributed by atoms with Crippen molar-refractivity contribution in [1.82, 2.24) is 0 Å². The number of carbonyl (C=O) groups excluding carboxylic acids is 2. The van der Waals surface area contributed by atoms with Gasteiger partial charge in [0.15, 0.2) is 0 Å². The quantitative estimate of drug-likeness (QED) is 0.630. The van der Waals surface area contributed by atoms with Crippen LogP contribution in [0.4, 0.5) is 29.3 Å². The topological polar surface area (TPSA) is 96.9 Å². The molecule has 2 aromatic carbocycles. The van der Waals surface area contributed by atoms with Crippen molar-refractivity contribution >= 4 is 23.4 Å². The molecule has 1 atom stereocenters. The molecule has 0 aliphatic rings. The summed E-state index contributed by atoms with van der Waals surface area (Å²) < 4.78 is 49.8. The molecule has 0 aliphatic carbocycles. The lowest BCUT2D eigenvalue weighted by Crippen LogP contribution is -2.50. The van der Waals surface area contributed by atoms with Crippen molar-refractivity contribution in [2.45, 2.75) is 18.7 Å². The molecule has 29 heavy (non-hydrogen) atoms. The van der Waals surface area contributed by atoms with Gasteiger partial charge in [-0.05, 0) is 31.2 Å². The summed E-state index contributed by atoms with van der Waals surface area (Å²) in [5.74, 6) is -2.06. The number of urea groups is 1. The first-order valence-electron chi connectivity index (χ1n) is 8.41. The third-order valence-electron chi connectivity index (χ3n) is 3.88. The summed E-state index contributed by atoms with van der Waals surface area (Å²) in [4.78, 5) is 24.0. The van der Waals surface area contributed by atoms with Crippen LogP contribution in [0, 0.1) is 0 Å². The summed E-state index contributed by atoms with van der Waals surface area (Å²) in [5.41, 5.74) is -4.18. The first-order chi connectivity index (χ1) is 13.6. The summed E-state index contributed by atoms with van der Waals surface area (Å²) in [7, 11) is 1.16. The molecular weight excluding hydrogens is 393 g/mol. The number of ether oxygens (including phenoxy) is 2. The van der Waals surface area contributed by atoms with E-state index in [1.807, 2.05) is 0 Å². The Morgan fingerprint density at radius 2 is 1.72 bits per heavy atom. The summed E-state index contributed by atoms with van der Waals surface area (Å²) in [6.07, 6.45) is -5.34. The number of rotatable bonds is 6. The van der Waals surface area contributed by atoms with Crippen molar-refractivity contribution in [3.8, 4) is 5.75 Å². The SMILES string of the molecule is CCOC(=O)[C@](O)(c1ccc(NC(=O)Nc2ccccc2)c(OC)c1)C(F)(F)F. The third kappa shape index (κ3) is 4.77. The van der Waals surface area contributed by atoms with Crippen LogP contribution in [0.15, 0.2) is 48.5 Å². The lowest BCUT2D eigenvalue weighted by molar-refractivity contribution is -0.267. The largest absolute Gasteiger partial charge is 0.495 e. The summed E-state index contributed by atoms with van der Waals surface area (Å²) >= 11 is 0. The van der Waals surface area contributed by atoms with Crippen LogP contribution in [-0.4, -0.2) is 37.0 Å². The van der Waals surface area contributed by atoms with E-state index in [4.69, 9.17) is 4.74 Å². The molecule has 156 valence electrons. The van der Waals surface area contributed by atoms with Crippen LogP contribution in [0.5, 0.6) is 5.75 Å². The molecule has 0 aliphatic heterocycles. The van der Waals surface area contributed by atoms with Crippen LogP contribution in [0.3, 0.4) is 0 Å². The number of nitrogens with one attached hydrogen (secondary N) is 2. The van der Waals surface area contributed by atoms with Gasteiger partial charge in [-0.25, -0.2) is 9.59 Å². The zero-order valence-electron chi connectivity index (χ0n) is 15.5. The van der Waals surface area contributed by atoms with Gasteiger partial charge >= 0.3 is 18.2 Å². The highest BCUT2D eigenvalue weighted by Gasteiger charge is 2.62. The van der Waals surface area contributed by atoms with Gasteiger partial charge in [0.25, 0.3) is 5.60 Å². The second-order valence-electron chi connectivity index (χ2n) is 5.79. The van der Waals surface area contributed by atoms with Crippen LogP contribution in [-0.2, 0) is 15.1 Å². The normalized spacial score (nSPS) is 13.2. The predicted octanol–water partition coefficient (Wildman–Crippen LogP) is 3.65. The molecule has 0 saturated heterocycles. The van der Waals surface area contributed by atoms with Gasteiger partial charge in [-0.1, -0.05) is 24.3 Å². The molecule has 2 amide bonds. The Bertz CT molecular complexity index is 874. The number of esters is 1. The van der Waals surface area contributed by atoms with Crippen LogP contribution >= 0.6 is 0 Å². The van der Waals surface area contributed by atoms with Crippen LogP contribution < -0.4 is 15.4 Å². The van der Waals surface area contributed by atoms with Gasteiger partial charge in [0.2, 0.25) is 0 Å². The van der Waals surface area contributed by atoms with Crippen molar-refractivity contribution in [3.05, 3.63) is 54.1 Å². The molecular formula is C19H19F3N2O5. The van der Waals surface area contributed by atoms with Crippen molar-refractivity contribution in [2.24, 2.45) is 0 Å². The summed E-state index contributed by atoms with van der Waals surface area (Å²) in [5, 5.41) is 15.1. The first kappa shape index (κ1) is 22.0. The molecule has 2 rings (SSSR count). The molecule has 0 radical (unpaired) electrons. The third-order valence-corrected chi connectivity index (χ3v) is 3.88. The van der Waals surface area contributed by atoms with E-state index in [2.05, 4.69) is 15.4 Å². The molecule has 10 heteroatoms. The number of benzene rings is 2. The zero-order valence-corrected chi connectivity index (χ0v) is 15.5. The monoisotopic (exact) mass is 412 g/mol. The molecule has 2 aromatic rings. The zero-order chi connectivity index (χ0) is 21.7. The Kier molecular flexibility index (Phi) is 6.70. The maximum atomic E-state index is 13.5. The highest BCUT2D eigenvalue weighted by Crippen LogP contribution is 2.42. The Labute approximate surface area is 164 Å². The molecule has 0 fully saturated rings. The van der Waals surface area contributed by atoms with Crippen molar-refractivity contribution in [2.75, 3.05) is 24.4 Å². The number of hydrogen-bond acceptors (Lipinski definition) is 5. The maximum absolute atomic E-state index is 13.5. The Hall–Kier alpha value is -3.27. The van der Waals surface area contributed by atoms with Gasteiger partial charge in [0.05, 0.1) is 19.4 Å². The highest BCUT2D eigenvalue weighted by atomic mass is 19.4. The molecule has 0 heterocycles. The van der Waals surface area contributed by atoms with Crippen molar-refractivity contribution in [3.63, 3.8) is 0 Å². The standard InChI is InChI=1S/C19H19F3N2O5/c1-3-29-16(25)18(27,19(20,21)22)12-9-10-14(15(11-12)28-2)24-17(26)23-13-7-5-4-6-8-13/h4-11,27H,3H2,1-2H3,(H2,23,24,26)/t18-/m1/s1. The second-order valence-corrected chi connectivity index (χ2v) is 5.79. The lowest BCUT2D eigenvalue weighted by Gasteiger charge is -2.29. The van der Waals surface area contributed by atoms with E-state index in [1.165, 1.54) is 6.92 Å².